The molecule has 5 heterocycles. The first kappa shape index (κ1) is 54.0. The van der Waals surface area contributed by atoms with Crippen molar-refractivity contribution in [3.8, 4) is 22.7 Å². The Morgan fingerprint density at radius 1 is 0.974 bits per heavy atom. The fourth-order valence-electron chi connectivity index (χ4n) is 9.92. The van der Waals surface area contributed by atoms with Gasteiger partial charge in [0.15, 0.2) is 5.82 Å². The van der Waals surface area contributed by atoms with Gasteiger partial charge in [-0.15, -0.1) is 5.10 Å². The number of alkyl halides is 3. The Hall–Kier alpha value is -7.42. The van der Waals surface area contributed by atoms with Crippen LogP contribution in [-0.4, -0.2) is 136 Å². The zero-order valence-corrected chi connectivity index (χ0v) is 42.5. The van der Waals surface area contributed by atoms with Gasteiger partial charge in [0.25, 0.3) is 17.7 Å². The monoisotopic (exact) mass is 1120 g/mol. The largest absolute Gasteiger partial charge is 0.490 e. The Balaban J connectivity index is 0.803. The zero-order valence-electron chi connectivity index (χ0n) is 41.0. The van der Waals surface area contributed by atoms with Crippen molar-refractivity contribution < 1.29 is 70.3 Å². The number of amides is 5. The van der Waals surface area contributed by atoms with Gasteiger partial charge in [-0.25, -0.2) is 23.1 Å². The van der Waals surface area contributed by atoms with Gasteiger partial charge in [-0.3, -0.25) is 28.9 Å². The molecule has 20 nitrogen and oxygen atoms in total. The highest BCUT2D eigenvalue weighted by atomic mass is 35.5. The van der Waals surface area contributed by atoms with E-state index in [2.05, 4.69) is 31.0 Å². The summed E-state index contributed by atoms with van der Waals surface area (Å²) < 4.78 is 92.9. The Kier molecular flexibility index (Phi) is 14.8. The first-order valence-corrected chi connectivity index (χ1v) is 25.0. The Morgan fingerprint density at radius 3 is 2.41 bits per heavy atom. The van der Waals surface area contributed by atoms with Gasteiger partial charge in [-0.1, -0.05) is 28.4 Å². The quantitative estimate of drug-likeness (QED) is 0.0561. The number of rotatable bonds is 14. The summed E-state index contributed by atoms with van der Waals surface area (Å²) >= 11 is 11.9. The van der Waals surface area contributed by atoms with Crippen LogP contribution in [0.3, 0.4) is 0 Å². The third kappa shape index (κ3) is 10.6. The van der Waals surface area contributed by atoms with Gasteiger partial charge in [0.2, 0.25) is 11.8 Å². The van der Waals surface area contributed by atoms with E-state index < -0.39 is 108 Å². The Bertz CT molecular complexity index is 3340. The molecule has 6 atom stereocenters. The molecular weight excluding hydrogens is 1080 g/mol. The predicted octanol–water partition coefficient (Wildman–Crippen LogP) is 5.94. The summed E-state index contributed by atoms with van der Waals surface area (Å²) in [6.45, 7) is -0.0503. The number of likely N-dealkylation sites (N-methyl/N-ethyl adjacent to an activating group) is 1. The van der Waals surface area contributed by atoms with Crippen LogP contribution >= 0.6 is 23.2 Å². The van der Waals surface area contributed by atoms with E-state index >= 15 is 0 Å². The number of imide groups is 1. The number of benzene rings is 4. The number of hydrogen-bond acceptors (Lipinski definition) is 14. The second-order valence-corrected chi connectivity index (χ2v) is 19.9. The van der Waals surface area contributed by atoms with Gasteiger partial charge in [0.1, 0.15) is 83.1 Å². The number of aliphatic hydroxyl groups is 2. The molecular formula is C51H45Cl2F5N10O10. The molecule has 1 aliphatic carbocycles. The number of nitrogens with zero attached hydrogens (tertiary/aromatic N) is 8. The van der Waals surface area contributed by atoms with Crippen LogP contribution in [0.2, 0.25) is 10.0 Å². The van der Waals surface area contributed by atoms with E-state index in [9.17, 15) is 56.1 Å². The van der Waals surface area contributed by atoms with Crippen molar-refractivity contribution in [2.45, 2.75) is 94.0 Å². The van der Waals surface area contributed by atoms with Crippen molar-refractivity contribution in [2.24, 2.45) is 0 Å². The number of aliphatic hydroxyl groups excluding tert-OH is 2. The van der Waals surface area contributed by atoms with Crippen LogP contribution in [0, 0.1) is 18.6 Å². The fraction of sp³-hybridized carbons (Fsp3) is 0.353. The number of hydrogen-bond donors (Lipinski definition) is 4. The summed E-state index contributed by atoms with van der Waals surface area (Å²) in [5, 5.41) is 39.3. The third-order valence-electron chi connectivity index (χ3n) is 13.9. The van der Waals surface area contributed by atoms with Gasteiger partial charge in [0, 0.05) is 66.3 Å². The molecule has 0 bridgehead atoms. The maximum Gasteiger partial charge on any atom is 0.418 e. The van der Waals surface area contributed by atoms with Crippen LogP contribution in [0.1, 0.15) is 81.3 Å². The molecule has 4 aromatic carbocycles. The smallest absolute Gasteiger partial charge is 0.418 e. The maximum atomic E-state index is 14.6. The van der Waals surface area contributed by atoms with Crippen molar-refractivity contribution >= 4 is 58.4 Å². The number of carbonyl (C=O) groups is 5. The van der Waals surface area contributed by atoms with Crippen molar-refractivity contribution in [1.29, 1.82) is 0 Å². The molecule has 4 N–H and O–H groups in total. The summed E-state index contributed by atoms with van der Waals surface area (Å²) in [6.07, 6.45) is -9.41. The van der Waals surface area contributed by atoms with Crippen molar-refractivity contribution in [2.75, 3.05) is 25.6 Å². The zero-order chi connectivity index (χ0) is 55.5. The number of fused-ring (bicyclic) bond motifs is 1. The Labute approximate surface area is 448 Å². The average molecular weight is 1120 g/mol. The third-order valence-corrected chi connectivity index (χ3v) is 14.5. The molecule has 2 saturated heterocycles. The summed E-state index contributed by atoms with van der Waals surface area (Å²) in [7, 11) is 1.39. The number of likely N-dealkylation sites (tertiary alicyclic amines) is 1. The average Bonchev–Trinajstić information content (AvgIpc) is 4.32. The first-order chi connectivity index (χ1) is 37.1. The van der Waals surface area contributed by atoms with Crippen molar-refractivity contribution in [3.63, 3.8) is 0 Å². The van der Waals surface area contributed by atoms with Crippen LogP contribution < -0.4 is 15.4 Å². The van der Waals surface area contributed by atoms with E-state index in [0.29, 0.717) is 41.0 Å². The normalized spacial score (nSPS) is 23.3. The SMILES string of the molecule is Cc1nc([C@@H]2O[C@H](CO)[C@H](O)[C@H](n3cc(-c4cc(F)c(Cl)c(F)c4)nn3)[C@H]2OCC(=O)N[C@H]2C[C@H](Oc3ccc(C(=O)Nc4ccc5c(c4)CN(C4CCC(=O)N(C)C4=O)C5=O)cc3)C2)n(-c2cc(Cl)ccc2C(F)(F)F)n1. The van der Waals surface area contributed by atoms with E-state index in [1.54, 1.807) is 42.5 Å². The lowest BCUT2D eigenvalue weighted by Gasteiger charge is -2.43. The molecule has 27 heteroatoms. The Morgan fingerprint density at radius 2 is 1.71 bits per heavy atom. The lowest BCUT2D eigenvalue weighted by Crippen LogP contribution is -2.55. The number of piperidine rings is 1. The van der Waals surface area contributed by atoms with Gasteiger partial charge >= 0.3 is 6.18 Å². The molecule has 6 aromatic rings. The number of anilines is 1. The minimum atomic E-state index is -4.91. The highest BCUT2D eigenvalue weighted by Gasteiger charge is 2.51. The second kappa shape index (κ2) is 21.4. The molecule has 3 aliphatic heterocycles. The maximum absolute atomic E-state index is 14.6. The van der Waals surface area contributed by atoms with E-state index in [0.717, 1.165) is 44.6 Å². The number of aryl methyl sites for hydroxylation is 1. The highest BCUT2D eigenvalue weighted by Crippen LogP contribution is 2.43. The fourth-order valence-corrected chi connectivity index (χ4v) is 10.2. The number of halogens is 7. The predicted molar refractivity (Wildman–Crippen MR) is 263 cm³/mol. The molecule has 1 unspecified atom stereocenters. The minimum Gasteiger partial charge on any atom is -0.490 e. The van der Waals surface area contributed by atoms with Gasteiger partial charge in [-0.05, 0) is 91.7 Å². The van der Waals surface area contributed by atoms with Gasteiger partial charge < -0.3 is 40.0 Å². The summed E-state index contributed by atoms with van der Waals surface area (Å²) in [4.78, 5) is 71.8. The molecule has 2 aromatic heterocycles. The van der Waals surface area contributed by atoms with Crippen molar-refractivity contribution in [1.82, 2.24) is 44.9 Å². The summed E-state index contributed by atoms with van der Waals surface area (Å²) in [5.74, 6) is -4.31. The molecule has 0 spiro atoms. The molecule has 10 rings (SSSR count). The van der Waals surface area contributed by atoms with E-state index in [1.807, 2.05) is 0 Å². The molecule has 1 saturated carbocycles. The number of aromatic nitrogens is 6. The highest BCUT2D eigenvalue weighted by molar-refractivity contribution is 6.31. The van der Waals surface area contributed by atoms with Crippen LogP contribution in [0.25, 0.3) is 16.9 Å². The van der Waals surface area contributed by atoms with Gasteiger partial charge in [-0.2, -0.15) is 18.3 Å². The summed E-state index contributed by atoms with van der Waals surface area (Å²) in [6, 6.07) is 13.1. The van der Waals surface area contributed by atoms with Crippen LogP contribution in [0.5, 0.6) is 5.75 Å². The standard InChI is InChI=1S/C51H45Cl2F5N10O10/c1-23-59-47(68(63-23)38-16-27(52)5-10-33(38)51(56,57)58)46-45(43(44(72)39(21-69)78-46)67-20-36(62-64-67)25-14-34(54)42(53)35(55)15-25)76-22-40(70)60-29-17-31(18-29)77-30-7-3-24(4-8-30)48(73)61-28-6-9-32-26(13-28)19-66(49(32)74)37-11-12-41(71)65(2)50(37)75/h3-10,13-16,20,29,31,37,39,43-46,69,72H,11-12,17-19,21-22H2,1-2H3,(H,60,70)(H,61,73)/t29-,31-,37?,39-,43+,44+,45-,46-/m1/s1. The lowest BCUT2D eigenvalue weighted by atomic mass is 9.89. The molecule has 4 aliphatic rings. The molecule has 3 fully saturated rings. The number of ether oxygens (including phenoxy) is 3. The minimum absolute atomic E-state index is 0.0372. The molecule has 78 heavy (non-hydrogen) atoms. The number of carbonyl (C=O) groups excluding carboxylic acids is 5. The molecule has 408 valence electrons. The molecule has 5 amide bonds. The van der Waals surface area contributed by atoms with E-state index in [1.165, 1.54) is 25.1 Å². The second-order valence-electron chi connectivity index (χ2n) is 19.1. The topological polar surface area (TPSA) is 245 Å². The van der Waals surface area contributed by atoms with E-state index in [4.69, 9.17) is 37.4 Å². The van der Waals surface area contributed by atoms with Crippen LogP contribution in [-0.2, 0) is 36.6 Å². The van der Waals surface area contributed by atoms with Crippen molar-refractivity contribution in [3.05, 3.63) is 135 Å². The van der Waals surface area contributed by atoms with E-state index in [-0.39, 0.29) is 65.2 Å². The van der Waals surface area contributed by atoms with Gasteiger partial charge in [0.05, 0.1) is 24.1 Å². The van der Waals surface area contributed by atoms with Crippen LogP contribution in [0.4, 0.5) is 27.6 Å². The van der Waals surface area contributed by atoms with Crippen LogP contribution in [0.15, 0.2) is 79.0 Å². The first-order valence-electron chi connectivity index (χ1n) is 24.2. The summed E-state index contributed by atoms with van der Waals surface area (Å²) in [5.41, 5.74) is -0.182. The number of nitrogens with one attached hydrogen (secondary N) is 2. The molecule has 0 radical (unpaired) electrons. The lowest BCUT2D eigenvalue weighted by molar-refractivity contribution is -0.223.